The lowest BCUT2D eigenvalue weighted by molar-refractivity contribution is 0.630. The van der Waals surface area contributed by atoms with E-state index in [-0.39, 0.29) is 0 Å². The van der Waals surface area contributed by atoms with Crippen molar-refractivity contribution in [2.45, 2.75) is 0 Å². The fourth-order valence-corrected chi connectivity index (χ4v) is 9.78. The zero-order valence-corrected chi connectivity index (χ0v) is 29.5. The van der Waals surface area contributed by atoms with Gasteiger partial charge >= 0.3 is 0 Å². The van der Waals surface area contributed by atoms with E-state index in [1.807, 2.05) is 30.3 Å². The van der Waals surface area contributed by atoms with E-state index in [9.17, 15) is 0 Å². The summed E-state index contributed by atoms with van der Waals surface area (Å²) in [7, 11) is -1.07. The predicted octanol–water partition coefficient (Wildman–Crippen LogP) is 12.2. The lowest BCUT2D eigenvalue weighted by Crippen LogP contribution is -2.15. The van der Waals surface area contributed by atoms with Gasteiger partial charge in [0.1, 0.15) is 16.9 Å². The largest absolute Gasteiger partial charge is 0.464 e. The van der Waals surface area contributed by atoms with Gasteiger partial charge in [-0.05, 0) is 84.9 Å². The molecule has 0 N–H and O–H groups in total. The Morgan fingerprint density at radius 3 is 1.38 bits per heavy atom. The van der Waals surface area contributed by atoms with E-state index < -0.39 is 8.15 Å². The topological polar surface area (TPSA) is 32.2 Å². The number of furan rings is 1. The maximum atomic E-state index is 7.11. The minimum atomic E-state index is -1.07. The van der Waals surface area contributed by atoms with Crippen LogP contribution >= 0.6 is 8.15 Å². The lowest BCUT2D eigenvalue weighted by Gasteiger charge is -2.20. The smallest absolute Gasteiger partial charge is 0.150 e. The molecular weight excluding hydrogens is 668 g/mol. The Balaban J connectivity index is 1.11. The lowest BCUT2D eigenvalue weighted by atomic mass is 10.1. The van der Waals surface area contributed by atoms with Crippen molar-refractivity contribution in [3.8, 4) is 17.1 Å². The molecule has 250 valence electrons. The van der Waals surface area contributed by atoms with Gasteiger partial charge in [-0.1, -0.05) is 103 Å². The number of benzene rings is 8. The van der Waals surface area contributed by atoms with Gasteiger partial charge in [-0.25, -0.2) is 0 Å². The van der Waals surface area contributed by atoms with Crippen molar-refractivity contribution < 1.29 is 8.94 Å². The second-order valence-electron chi connectivity index (χ2n) is 13.4. The molecule has 0 radical (unpaired) electrons. The van der Waals surface area contributed by atoms with Crippen LogP contribution in [-0.2, 0) is 0 Å². The van der Waals surface area contributed by atoms with Crippen LogP contribution in [0.1, 0.15) is 0 Å². The molecule has 0 fully saturated rings. The van der Waals surface area contributed by atoms with Crippen molar-refractivity contribution in [1.29, 1.82) is 0 Å². The second kappa shape index (κ2) is 12.0. The molecule has 8 aromatic carbocycles. The molecule has 0 aliphatic rings. The summed E-state index contributed by atoms with van der Waals surface area (Å²) in [6, 6.07) is 66.4. The zero-order valence-electron chi connectivity index (χ0n) is 28.6. The van der Waals surface area contributed by atoms with Crippen LogP contribution in [0.25, 0.3) is 76.9 Å². The molecule has 0 bridgehead atoms. The molecule has 11 aromatic rings. The van der Waals surface area contributed by atoms with Gasteiger partial charge in [0, 0.05) is 43.5 Å². The van der Waals surface area contributed by atoms with Crippen LogP contribution in [0.5, 0.6) is 5.75 Å². The maximum Gasteiger partial charge on any atom is 0.150 e. The van der Waals surface area contributed by atoms with Crippen LogP contribution in [0.15, 0.2) is 192 Å². The van der Waals surface area contributed by atoms with Crippen molar-refractivity contribution in [3.63, 3.8) is 0 Å². The third-order valence-corrected chi connectivity index (χ3v) is 12.3. The highest BCUT2D eigenvalue weighted by atomic mass is 31.1. The molecule has 0 aliphatic carbocycles. The number of hydrogen-bond acceptors (Lipinski definition) is 2. The fraction of sp³-hybridized carbons (Fsp3) is 0. The molecule has 5 heteroatoms. The summed E-state index contributed by atoms with van der Waals surface area (Å²) in [5.41, 5.74) is 8.60. The molecule has 4 nitrogen and oxygen atoms in total. The van der Waals surface area contributed by atoms with Gasteiger partial charge < -0.3 is 18.1 Å². The second-order valence-corrected chi connectivity index (χ2v) is 15.2. The number of rotatable bonds is 6. The van der Waals surface area contributed by atoms with Crippen molar-refractivity contribution in [2.75, 3.05) is 0 Å². The minimum Gasteiger partial charge on any atom is -0.464 e. The van der Waals surface area contributed by atoms with E-state index >= 15 is 0 Å². The Hall–Kier alpha value is -6.61. The SMILES string of the molecule is c1ccc(OP(c2ccccc2)c2ccc(-n3c4ccccc4c4c5oc6c(ccc7c6c6ccccc6n7-c6ccccc6)c5ccc43)cc2)cc1. The molecule has 0 saturated carbocycles. The summed E-state index contributed by atoms with van der Waals surface area (Å²) in [6.07, 6.45) is 0. The monoisotopic (exact) mass is 698 g/mol. The first kappa shape index (κ1) is 30.1. The molecule has 11 rings (SSSR count). The molecule has 0 saturated heterocycles. The number of para-hydroxylation sites is 4. The summed E-state index contributed by atoms with van der Waals surface area (Å²) in [6.45, 7) is 0. The number of aromatic nitrogens is 2. The summed E-state index contributed by atoms with van der Waals surface area (Å²) >= 11 is 0. The van der Waals surface area contributed by atoms with Crippen molar-refractivity contribution in [2.24, 2.45) is 0 Å². The first-order valence-corrected chi connectivity index (χ1v) is 19.1. The van der Waals surface area contributed by atoms with Crippen LogP contribution in [-0.4, -0.2) is 9.13 Å². The van der Waals surface area contributed by atoms with Gasteiger partial charge in [-0.3, -0.25) is 0 Å². The van der Waals surface area contributed by atoms with E-state index in [1.165, 1.54) is 10.7 Å². The van der Waals surface area contributed by atoms with Crippen molar-refractivity contribution >= 4 is 84.3 Å². The van der Waals surface area contributed by atoms with Crippen LogP contribution in [0.3, 0.4) is 0 Å². The van der Waals surface area contributed by atoms with E-state index in [2.05, 4.69) is 167 Å². The summed E-state index contributed by atoms with van der Waals surface area (Å²) in [5, 5.41) is 9.17. The third-order valence-electron chi connectivity index (χ3n) is 10.4. The predicted molar refractivity (Wildman–Crippen MR) is 222 cm³/mol. The van der Waals surface area contributed by atoms with Crippen LogP contribution in [0.4, 0.5) is 0 Å². The fourth-order valence-electron chi connectivity index (χ4n) is 8.07. The molecule has 3 aromatic heterocycles. The Labute approximate surface area is 306 Å². The molecule has 0 amide bonds. The number of fused-ring (bicyclic) bond motifs is 11. The zero-order chi connectivity index (χ0) is 34.9. The molecule has 0 spiro atoms. The van der Waals surface area contributed by atoms with Crippen molar-refractivity contribution in [3.05, 3.63) is 188 Å². The van der Waals surface area contributed by atoms with Gasteiger partial charge in [0.05, 0.1) is 32.8 Å². The van der Waals surface area contributed by atoms with Gasteiger partial charge in [0.25, 0.3) is 0 Å². The summed E-state index contributed by atoms with van der Waals surface area (Å²) in [4.78, 5) is 0. The normalized spacial score (nSPS) is 12.5. The average molecular weight is 699 g/mol. The first-order valence-electron chi connectivity index (χ1n) is 17.9. The van der Waals surface area contributed by atoms with Gasteiger partial charge in [-0.2, -0.15) is 0 Å². The summed E-state index contributed by atoms with van der Waals surface area (Å²) in [5.74, 6) is 0.866. The number of hydrogen-bond donors (Lipinski definition) is 0. The molecule has 1 unspecified atom stereocenters. The molecule has 53 heavy (non-hydrogen) atoms. The molecule has 3 heterocycles. The minimum absolute atomic E-state index is 0.866. The molecule has 0 aliphatic heterocycles. The number of nitrogens with zero attached hydrogens (tertiary/aromatic N) is 2. The standard InChI is InChI=1S/C48H31N2O2P/c1-4-14-32(15-5-1)49-41-22-12-10-20-39(41)45-43(49)30-28-37-38-29-31-44-46(48(38)51-47(37)45)40-21-11-13-23-42(40)50(44)33-24-26-36(27-25-33)53(35-18-8-3-9-19-35)52-34-16-6-2-7-17-34/h1-31H. The van der Waals surface area contributed by atoms with E-state index in [1.54, 1.807) is 0 Å². The van der Waals surface area contributed by atoms with Gasteiger partial charge in [0.15, 0.2) is 8.15 Å². The highest BCUT2D eigenvalue weighted by Crippen LogP contribution is 2.45. The van der Waals surface area contributed by atoms with E-state index in [4.69, 9.17) is 8.94 Å². The summed E-state index contributed by atoms with van der Waals surface area (Å²) < 4.78 is 18.5. The first-order chi connectivity index (χ1) is 26.3. The Morgan fingerprint density at radius 1 is 0.358 bits per heavy atom. The van der Waals surface area contributed by atoms with Crippen molar-refractivity contribution in [1.82, 2.24) is 9.13 Å². The van der Waals surface area contributed by atoms with E-state index in [0.717, 1.165) is 82.6 Å². The van der Waals surface area contributed by atoms with Gasteiger partial charge in [-0.15, -0.1) is 0 Å². The van der Waals surface area contributed by atoms with Crippen LogP contribution < -0.4 is 15.1 Å². The quantitative estimate of drug-likeness (QED) is 0.162. The molecule has 1 atom stereocenters. The van der Waals surface area contributed by atoms with Gasteiger partial charge in [0.2, 0.25) is 0 Å². The van der Waals surface area contributed by atoms with Crippen LogP contribution in [0, 0.1) is 0 Å². The molecular formula is C48H31N2O2P. The Morgan fingerprint density at radius 2 is 0.811 bits per heavy atom. The Kier molecular flexibility index (Phi) is 6.80. The third kappa shape index (κ3) is 4.66. The van der Waals surface area contributed by atoms with E-state index in [0.29, 0.717) is 0 Å². The Bertz CT molecular complexity index is 3130. The maximum absolute atomic E-state index is 7.11. The average Bonchev–Trinajstić information content (AvgIpc) is 3.89. The van der Waals surface area contributed by atoms with Crippen LogP contribution in [0.2, 0.25) is 0 Å². The highest BCUT2D eigenvalue weighted by Gasteiger charge is 2.23. The highest BCUT2D eigenvalue weighted by molar-refractivity contribution is 7.68.